The molecule has 1 atom stereocenters. The van der Waals surface area contributed by atoms with Crippen molar-refractivity contribution in [3.8, 4) is 6.07 Å². The van der Waals surface area contributed by atoms with E-state index in [9.17, 15) is 14.9 Å². The molecule has 1 amide bonds. The maximum Gasteiger partial charge on any atom is 0.339 e. The second-order valence-corrected chi connectivity index (χ2v) is 7.94. The zero-order valence-electron chi connectivity index (χ0n) is 15.7. The van der Waals surface area contributed by atoms with Crippen molar-refractivity contribution >= 4 is 23.6 Å². The summed E-state index contributed by atoms with van der Waals surface area (Å²) in [6.45, 7) is 3.09. The summed E-state index contributed by atoms with van der Waals surface area (Å²) < 4.78 is 10.2. The highest BCUT2D eigenvalue weighted by Gasteiger charge is 2.43. The van der Waals surface area contributed by atoms with Crippen LogP contribution in [0.4, 0.5) is 0 Å². The molecule has 1 aliphatic carbocycles. The van der Waals surface area contributed by atoms with Gasteiger partial charge in [-0.3, -0.25) is 4.79 Å². The number of ether oxygens (including phenoxy) is 1. The molecule has 0 saturated heterocycles. The standard InChI is InChI=1S/C20H21N3O4S/c1-13-9-15(23-27-13)11-28-17-6-4-3-5-16(17)19(25)26-10-18(24)22-20(2,12-21)14-7-8-14/h3-6,9,14H,7-8,10-11H2,1-2H3,(H,22,24)/t20-/m1/s1. The molecule has 0 bridgehead atoms. The van der Waals surface area contributed by atoms with Crippen LogP contribution in [0.1, 0.15) is 41.6 Å². The normalized spacial score (nSPS) is 15.3. The van der Waals surface area contributed by atoms with Gasteiger partial charge in [0.05, 0.1) is 17.3 Å². The van der Waals surface area contributed by atoms with Crippen LogP contribution in [-0.4, -0.2) is 29.2 Å². The number of hydrogen-bond acceptors (Lipinski definition) is 7. The van der Waals surface area contributed by atoms with Crippen LogP contribution in [-0.2, 0) is 15.3 Å². The molecule has 8 heteroatoms. The Morgan fingerprint density at radius 3 is 2.82 bits per heavy atom. The fourth-order valence-corrected chi connectivity index (χ4v) is 3.74. The van der Waals surface area contributed by atoms with Gasteiger partial charge in [-0.1, -0.05) is 17.3 Å². The number of thioether (sulfide) groups is 1. The molecule has 0 unspecified atom stereocenters. The van der Waals surface area contributed by atoms with Gasteiger partial charge in [-0.05, 0) is 44.7 Å². The molecule has 1 aromatic carbocycles. The van der Waals surface area contributed by atoms with E-state index in [-0.39, 0.29) is 5.92 Å². The first-order valence-corrected chi connectivity index (χ1v) is 9.93. The molecule has 2 aromatic rings. The van der Waals surface area contributed by atoms with Crippen molar-refractivity contribution < 1.29 is 18.8 Å². The van der Waals surface area contributed by atoms with Gasteiger partial charge in [-0.2, -0.15) is 5.26 Å². The zero-order chi connectivity index (χ0) is 20.1. The monoisotopic (exact) mass is 399 g/mol. The van der Waals surface area contributed by atoms with Crippen LogP contribution in [0, 0.1) is 24.2 Å². The van der Waals surface area contributed by atoms with Crippen molar-refractivity contribution in [2.75, 3.05) is 6.61 Å². The fourth-order valence-electron chi connectivity index (χ4n) is 2.82. The average Bonchev–Trinajstić information content (AvgIpc) is 3.47. The van der Waals surface area contributed by atoms with Crippen molar-refractivity contribution in [3.63, 3.8) is 0 Å². The molecule has 1 saturated carbocycles. The third kappa shape index (κ3) is 4.93. The summed E-state index contributed by atoms with van der Waals surface area (Å²) in [7, 11) is 0. The summed E-state index contributed by atoms with van der Waals surface area (Å²) >= 11 is 1.43. The Hall–Kier alpha value is -2.79. The van der Waals surface area contributed by atoms with Crippen LogP contribution in [0.25, 0.3) is 0 Å². The average molecular weight is 399 g/mol. The topological polar surface area (TPSA) is 105 Å². The van der Waals surface area contributed by atoms with E-state index in [0.29, 0.717) is 11.3 Å². The molecule has 0 aliphatic heterocycles. The number of nitrogens with zero attached hydrogens (tertiary/aromatic N) is 2. The number of esters is 1. The molecule has 1 heterocycles. The Bertz CT molecular complexity index is 916. The fraction of sp³-hybridized carbons (Fsp3) is 0.400. The Labute approximate surface area is 167 Å². The third-order valence-electron chi connectivity index (χ3n) is 4.52. The predicted molar refractivity (Wildman–Crippen MR) is 102 cm³/mol. The van der Waals surface area contributed by atoms with Crippen molar-refractivity contribution in [1.29, 1.82) is 5.26 Å². The first-order valence-electron chi connectivity index (χ1n) is 8.94. The summed E-state index contributed by atoms with van der Waals surface area (Å²) in [4.78, 5) is 25.3. The lowest BCUT2D eigenvalue weighted by Crippen LogP contribution is -2.48. The molecule has 3 rings (SSSR count). The van der Waals surface area contributed by atoms with E-state index in [0.717, 1.165) is 29.2 Å². The first-order chi connectivity index (χ1) is 13.4. The van der Waals surface area contributed by atoms with E-state index in [1.165, 1.54) is 11.8 Å². The van der Waals surface area contributed by atoms with E-state index in [2.05, 4.69) is 16.5 Å². The van der Waals surface area contributed by atoms with Crippen molar-refractivity contribution in [1.82, 2.24) is 10.5 Å². The second-order valence-electron chi connectivity index (χ2n) is 6.93. The van der Waals surface area contributed by atoms with Crippen molar-refractivity contribution in [3.05, 3.63) is 47.3 Å². The van der Waals surface area contributed by atoms with Crippen molar-refractivity contribution in [2.24, 2.45) is 5.92 Å². The van der Waals surface area contributed by atoms with E-state index in [1.807, 2.05) is 25.1 Å². The number of aromatic nitrogens is 1. The number of rotatable bonds is 8. The smallest absolute Gasteiger partial charge is 0.339 e. The maximum absolute atomic E-state index is 12.5. The molecule has 1 fully saturated rings. The number of carbonyl (C=O) groups excluding carboxylic acids is 2. The minimum atomic E-state index is -0.910. The summed E-state index contributed by atoms with van der Waals surface area (Å²) in [5, 5.41) is 15.9. The summed E-state index contributed by atoms with van der Waals surface area (Å²) in [6, 6.07) is 11.0. The summed E-state index contributed by atoms with van der Waals surface area (Å²) in [6.07, 6.45) is 1.83. The molecule has 0 radical (unpaired) electrons. The molecule has 28 heavy (non-hydrogen) atoms. The van der Waals surface area contributed by atoms with E-state index < -0.39 is 24.0 Å². The van der Waals surface area contributed by atoms with E-state index in [1.54, 1.807) is 19.1 Å². The highest BCUT2D eigenvalue weighted by atomic mass is 32.2. The van der Waals surface area contributed by atoms with Crippen LogP contribution < -0.4 is 5.32 Å². The molecule has 1 aromatic heterocycles. The number of aryl methyl sites for hydroxylation is 1. The molecule has 7 nitrogen and oxygen atoms in total. The molecular weight excluding hydrogens is 378 g/mol. The predicted octanol–water partition coefficient (Wildman–Crippen LogP) is 3.24. The number of carbonyl (C=O) groups is 2. The van der Waals surface area contributed by atoms with Gasteiger partial charge in [0.15, 0.2) is 6.61 Å². The van der Waals surface area contributed by atoms with Gasteiger partial charge < -0.3 is 14.6 Å². The molecule has 146 valence electrons. The third-order valence-corrected chi connectivity index (χ3v) is 5.63. The quantitative estimate of drug-likeness (QED) is 0.536. The highest BCUT2D eigenvalue weighted by molar-refractivity contribution is 7.98. The second kappa shape index (κ2) is 8.48. The first kappa shape index (κ1) is 20.0. The van der Waals surface area contributed by atoms with Crippen molar-refractivity contribution in [2.45, 2.75) is 42.9 Å². The highest BCUT2D eigenvalue weighted by Crippen LogP contribution is 2.39. The zero-order valence-corrected chi connectivity index (χ0v) is 16.5. The van der Waals surface area contributed by atoms with Gasteiger partial charge in [0.2, 0.25) is 0 Å². The van der Waals surface area contributed by atoms with Gasteiger partial charge in [0.25, 0.3) is 5.91 Å². The minimum absolute atomic E-state index is 0.162. The lowest BCUT2D eigenvalue weighted by molar-refractivity contribution is -0.125. The van der Waals surface area contributed by atoms with Gasteiger partial charge in [-0.25, -0.2) is 4.79 Å². The van der Waals surface area contributed by atoms with Gasteiger partial charge in [0.1, 0.15) is 11.3 Å². The van der Waals surface area contributed by atoms with E-state index in [4.69, 9.17) is 9.26 Å². The molecule has 1 aliphatic rings. The number of benzene rings is 1. The number of nitriles is 1. The Morgan fingerprint density at radius 2 is 2.18 bits per heavy atom. The SMILES string of the molecule is Cc1cc(CSc2ccccc2C(=O)OCC(=O)N[C@](C)(C#N)C2CC2)no1. The van der Waals surface area contributed by atoms with Crippen LogP contribution in [0.3, 0.4) is 0 Å². The lowest BCUT2D eigenvalue weighted by atomic mass is 9.98. The Kier molecular flexibility index (Phi) is 6.05. The molecule has 0 spiro atoms. The number of nitrogens with one attached hydrogen (secondary N) is 1. The number of hydrogen-bond donors (Lipinski definition) is 1. The summed E-state index contributed by atoms with van der Waals surface area (Å²) in [5.74, 6) is 0.371. The van der Waals surface area contributed by atoms with Crippen LogP contribution in [0.15, 0.2) is 39.8 Å². The number of amides is 1. The minimum Gasteiger partial charge on any atom is -0.452 e. The maximum atomic E-state index is 12.5. The molecular formula is C20H21N3O4S. The molecule has 1 N–H and O–H groups in total. The van der Waals surface area contributed by atoms with E-state index >= 15 is 0 Å². The van der Waals surface area contributed by atoms with Gasteiger partial charge in [-0.15, -0.1) is 11.8 Å². The van der Waals surface area contributed by atoms with Gasteiger partial charge >= 0.3 is 5.97 Å². The van der Waals surface area contributed by atoms with Crippen LogP contribution in [0.5, 0.6) is 0 Å². The Balaban J connectivity index is 1.56. The van der Waals surface area contributed by atoms with Crippen LogP contribution >= 0.6 is 11.8 Å². The Morgan fingerprint density at radius 1 is 1.43 bits per heavy atom. The van der Waals surface area contributed by atoms with Gasteiger partial charge in [0, 0.05) is 16.7 Å². The lowest BCUT2D eigenvalue weighted by Gasteiger charge is -2.22. The largest absolute Gasteiger partial charge is 0.452 e. The summed E-state index contributed by atoms with van der Waals surface area (Å²) in [5.41, 5.74) is 0.249. The van der Waals surface area contributed by atoms with Crippen LogP contribution in [0.2, 0.25) is 0 Å².